The van der Waals surface area contributed by atoms with Crippen molar-refractivity contribution in [2.24, 2.45) is 0 Å². The Hall–Kier alpha value is -4.39. The molecule has 0 spiro atoms. The van der Waals surface area contributed by atoms with Crippen LogP contribution in [0.25, 0.3) is 0 Å². The van der Waals surface area contributed by atoms with Crippen LogP contribution in [0.2, 0.25) is 0 Å². The number of hydrogen-bond donors (Lipinski definition) is 3. The fourth-order valence-electron chi connectivity index (χ4n) is 3.32. The molecular weight excluding hydrogens is 557 g/mol. The lowest BCUT2D eigenvalue weighted by atomic mass is 10.1. The molecule has 0 aliphatic carbocycles. The van der Waals surface area contributed by atoms with Gasteiger partial charge in [-0.2, -0.15) is 13.2 Å². The lowest BCUT2D eigenvalue weighted by molar-refractivity contribution is -0.139. The van der Waals surface area contributed by atoms with E-state index in [0.717, 1.165) is 5.56 Å². The van der Waals surface area contributed by atoms with E-state index in [1.54, 1.807) is 26.8 Å². The Kier molecular flexibility index (Phi) is 12.5. The Labute approximate surface area is 242 Å². The molecule has 3 amide bonds. The number of hydrogen-bond acceptors (Lipinski definition) is 7. The number of amides is 3. The largest absolute Gasteiger partial charge is 0.477 e. The zero-order valence-corrected chi connectivity index (χ0v) is 23.7. The van der Waals surface area contributed by atoms with Gasteiger partial charge >= 0.3 is 12.3 Å². The van der Waals surface area contributed by atoms with Crippen LogP contribution in [0.3, 0.4) is 0 Å². The van der Waals surface area contributed by atoms with Crippen LogP contribution in [0, 0.1) is 0 Å². The average molecular weight is 593 g/mol. The lowest BCUT2D eigenvalue weighted by Crippen LogP contribution is -2.47. The van der Waals surface area contributed by atoms with Gasteiger partial charge in [0, 0.05) is 0 Å². The molecule has 1 unspecified atom stereocenters. The van der Waals surface area contributed by atoms with Crippen molar-refractivity contribution in [1.29, 1.82) is 0 Å². The highest BCUT2D eigenvalue weighted by atomic mass is 19.4. The molecule has 42 heavy (non-hydrogen) atoms. The highest BCUT2D eigenvalue weighted by Gasteiger charge is 2.38. The molecule has 2 rings (SSSR count). The summed E-state index contributed by atoms with van der Waals surface area (Å²) in [6.07, 6.45) is -3.19. The van der Waals surface area contributed by atoms with Gasteiger partial charge in [0.1, 0.15) is 17.3 Å². The van der Waals surface area contributed by atoms with Crippen LogP contribution in [-0.2, 0) is 27.1 Å². The number of ether oxygens (including phenoxy) is 3. The zero-order valence-electron chi connectivity index (χ0n) is 23.7. The summed E-state index contributed by atoms with van der Waals surface area (Å²) < 4.78 is 57.6. The normalized spacial score (nSPS) is 12.0. The van der Waals surface area contributed by atoms with Crippen molar-refractivity contribution in [3.63, 3.8) is 0 Å². The Bertz CT molecular complexity index is 1250. The summed E-state index contributed by atoms with van der Waals surface area (Å²) in [7, 11) is 0. The lowest BCUT2D eigenvalue weighted by Gasteiger charge is -2.22. The number of nitrogens with zero attached hydrogens (tertiary/aromatic N) is 1. The first kappa shape index (κ1) is 33.8. The van der Waals surface area contributed by atoms with Gasteiger partial charge in [-0.1, -0.05) is 42.5 Å². The molecule has 1 aromatic heterocycles. The number of benzene rings is 1. The van der Waals surface area contributed by atoms with Crippen molar-refractivity contribution in [1.82, 2.24) is 15.8 Å². The number of aromatic nitrogens is 1. The van der Waals surface area contributed by atoms with Crippen LogP contribution in [0.4, 0.5) is 23.7 Å². The highest BCUT2D eigenvalue weighted by molar-refractivity contribution is 6.02. The highest BCUT2D eigenvalue weighted by Crippen LogP contribution is 2.38. The quantitative estimate of drug-likeness (QED) is 0.154. The molecule has 0 fully saturated rings. The molecule has 1 atom stereocenters. The molecule has 0 saturated heterocycles. The van der Waals surface area contributed by atoms with E-state index in [1.165, 1.54) is 6.08 Å². The number of nitrogens with one attached hydrogen (secondary N) is 3. The number of alkyl halides is 3. The van der Waals surface area contributed by atoms with E-state index in [1.807, 2.05) is 30.3 Å². The van der Waals surface area contributed by atoms with Crippen LogP contribution < -0.4 is 20.9 Å². The molecule has 2 aromatic rings. The summed E-state index contributed by atoms with van der Waals surface area (Å²) in [5, 5.41) is 2.13. The molecule has 10 nitrogen and oxygen atoms in total. The molecule has 0 radical (unpaired) electrons. The molecule has 1 aromatic carbocycles. The maximum atomic E-state index is 13.9. The molecule has 0 saturated carbocycles. The zero-order chi connectivity index (χ0) is 31.3. The molecular formula is C29H35F3N4O6. The van der Waals surface area contributed by atoms with Gasteiger partial charge in [-0.15, -0.1) is 13.2 Å². The molecule has 13 heteroatoms. The van der Waals surface area contributed by atoms with Gasteiger partial charge in [-0.3, -0.25) is 25.8 Å². The van der Waals surface area contributed by atoms with Crippen molar-refractivity contribution < 1.29 is 41.8 Å². The van der Waals surface area contributed by atoms with Crippen LogP contribution in [0.15, 0.2) is 61.7 Å². The molecule has 228 valence electrons. The monoisotopic (exact) mass is 592 g/mol. The third-order valence-electron chi connectivity index (χ3n) is 5.22. The van der Waals surface area contributed by atoms with Gasteiger partial charge in [0.2, 0.25) is 5.88 Å². The molecule has 0 aliphatic rings. The van der Waals surface area contributed by atoms with Crippen molar-refractivity contribution in [3.05, 3.63) is 78.5 Å². The van der Waals surface area contributed by atoms with Crippen molar-refractivity contribution in [2.75, 3.05) is 11.9 Å². The Morgan fingerprint density at radius 3 is 2.29 bits per heavy atom. The van der Waals surface area contributed by atoms with Gasteiger partial charge in [0.25, 0.3) is 11.8 Å². The van der Waals surface area contributed by atoms with E-state index in [4.69, 9.17) is 14.2 Å². The fourth-order valence-corrected chi connectivity index (χ4v) is 3.32. The summed E-state index contributed by atoms with van der Waals surface area (Å²) in [5.74, 6) is -2.76. The standard InChI is InChI=1S/C29H35F3N4O6/c1-6-8-15-22(41-18-19-13-11-10-12-14-19)24(37)35-36-25(38)23-21(33-27(39)42-28(3,4)5)17-20(29(30,31)32)26(34-23)40-16-9-7-2/h6-7,10-14,17,22H,1-2,8-9,15-16,18H2,3-5H3,(H,33,39)(H,35,37)(H,36,38). The number of carbonyl (C=O) groups excluding carboxylic acids is 3. The van der Waals surface area contributed by atoms with Gasteiger partial charge in [0.05, 0.1) is 18.9 Å². The van der Waals surface area contributed by atoms with Crippen molar-refractivity contribution in [3.8, 4) is 5.88 Å². The molecule has 0 aliphatic heterocycles. The van der Waals surface area contributed by atoms with E-state index in [-0.39, 0.29) is 26.1 Å². The van der Waals surface area contributed by atoms with Crippen LogP contribution in [0.5, 0.6) is 5.88 Å². The van der Waals surface area contributed by atoms with Crippen LogP contribution in [-0.4, -0.2) is 41.2 Å². The minimum atomic E-state index is -4.95. The Balaban J connectivity index is 2.33. The van der Waals surface area contributed by atoms with E-state index < -0.39 is 58.6 Å². The minimum absolute atomic E-state index is 0.111. The first-order valence-electron chi connectivity index (χ1n) is 13.0. The molecule has 0 bridgehead atoms. The number of allylic oxidation sites excluding steroid dienone is 1. The van der Waals surface area contributed by atoms with Crippen LogP contribution in [0.1, 0.15) is 61.6 Å². The Morgan fingerprint density at radius 1 is 1.02 bits per heavy atom. The number of rotatable bonds is 13. The minimum Gasteiger partial charge on any atom is -0.477 e. The van der Waals surface area contributed by atoms with E-state index >= 15 is 0 Å². The van der Waals surface area contributed by atoms with Gasteiger partial charge in [-0.05, 0) is 51.7 Å². The van der Waals surface area contributed by atoms with Crippen LogP contribution >= 0.6 is 0 Å². The predicted molar refractivity (Wildman–Crippen MR) is 149 cm³/mol. The first-order chi connectivity index (χ1) is 19.7. The number of pyridine rings is 1. The van der Waals surface area contributed by atoms with E-state index in [9.17, 15) is 27.6 Å². The third kappa shape index (κ3) is 11.2. The van der Waals surface area contributed by atoms with Gasteiger partial charge < -0.3 is 14.2 Å². The summed E-state index contributed by atoms with van der Waals surface area (Å²) in [4.78, 5) is 42.1. The number of hydrazine groups is 1. The van der Waals surface area contributed by atoms with Crippen molar-refractivity contribution >= 4 is 23.6 Å². The van der Waals surface area contributed by atoms with Gasteiger partial charge in [-0.25, -0.2) is 9.78 Å². The summed E-state index contributed by atoms with van der Waals surface area (Å²) in [6.45, 7) is 11.7. The topological polar surface area (TPSA) is 128 Å². The average Bonchev–Trinajstić information content (AvgIpc) is 2.91. The van der Waals surface area contributed by atoms with E-state index in [2.05, 4.69) is 34.3 Å². The maximum Gasteiger partial charge on any atom is 0.421 e. The summed E-state index contributed by atoms with van der Waals surface area (Å²) in [6, 6.07) is 9.59. The van der Waals surface area contributed by atoms with Crippen molar-refractivity contribution in [2.45, 2.75) is 64.5 Å². The second-order valence-corrected chi connectivity index (χ2v) is 9.88. The second-order valence-electron chi connectivity index (χ2n) is 9.88. The fraction of sp³-hybridized carbons (Fsp3) is 0.379. The Morgan fingerprint density at radius 2 is 1.69 bits per heavy atom. The number of halogens is 3. The SMILES string of the molecule is C=CCCOc1nc(C(=O)NNC(=O)C(CCC=C)OCc2ccccc2)c(NC(=O)OC(C)(C)C)cc1C(F)(F)F. The maximum absolute atomic E-state index is 13.9. The smallest absolute Gasteiger partial charge is 0.421 e. The molecule has 1 heterocycles. The number of anilines is 1. The van der Waals surface area contributed by atoms with Gasteiger partial charge in [0.15, 0.2) is 5.69 Å². The summed E-state index contributed by atoms with van der Waals surface area (Å²) >= 11 is 0. The van der Waals surface area contributed by atoms with E-state index in [0.29, 0.717) is 12.5 Å². The third-order valence-corrected chi connectivity index (χ3v) is 5.22. The molecule has 3 N–H and O–H groups in total. The summed E-state index contributed by atoms with van der Waals surface area (Å²) in [5.41, 5.74) is 1.51. The first-order valence-corrected chi connectivity index (χ1v) is 13.0. The predicted octanol–water partition coefficient (Wildman–Crippen LogP) is 5.71. The second kappa shape index (κ2) is 15.6. The number of carbonyl (C=O) groups is 3.